The maximum Gasteiger partial charge on any atom is 0.340 e. The number of carbonyl (C=O) groups is 1. The summed E-state index contributed by atoms with van der Waals surface area (Å²) in [6, 6.07) is 17.0. The Bertz CT molecular complexity index is 872. The Balaban J connectivity index is 2.31. The van der Waals surface area contributed by atoms with Gasteiger partial charge in [0.2, 0.25) is 0 Å². The second-order valence-electron chi connectivity index (χ2n) is 5.16. The molecular weight excluding hydrogens is 310 g/mol. The van der Waals surface area contributed by atoms with E-state index in [-0.39, 0.29) is 0 Å². The van der Waals surface area contributed by atoms with Crippen LogP contribution in [0.15, 0.2) is 54.6 Å². The molecule has 4 heteroatoms. The van der Waals surface area contributed by atoms with Crippen molar-refractivity contribution in [1.29, 1.82) is 0 Å². The molecule has 0 saturated carbocycles. The zero-order chi connectivity index (χ0) is 16.4. The lowest BCUT2D eigenvalue weighted by Crippen LogP contribution is -2.10. The number of nitrogens with two attached hydrogens (primary N) is 1. The van der Waals surface area contributed by atoms with Crippen LogP contribution in [0.4, 0.5) is 5.69 Å². The third-order valence-corrected chi connectivity index (χ3v) is 3.98. The SMILES string of the molecule is CCOC(=O)c1c(-c2ccc(Cl)cc2)cc2ccccc2c1N. The van der Waals surface area contributed by atoms with Crippen LogP contribution in [-0.2, 0) is 4.74 Å². The highest BCUT2D eigenvalue weighted by Gasteiger charge is 2.20. The van der Waals surface area contributed by atoms with E-state index >= 15 is 0 Å². The minimum Gasteiger partial charge on any atom is -0.462 e. The predicted octanol–water partition coefficient (Wildman–Crippen LogP) is 4.92. The molecular formula is C19H16ClNO2. The Kier molecular flexibility index (Phi) is 4.22. The van der Waals surface area contributed by atoms with Crippen molar-refractivity contribution in [2.24, 2.45) is 0 Å². The highest BCUT2D eigenvalue weighted by atomic mass is 35.5. The fraction of sp³-hybridized carbons (Fsp3) is 0.105. The fourth-order valence-electron chi connectivity index (χ4n) is 2.66. The summed E-state index contributed by atoms with van der Waals surface area (Å²) in [5.41, 5.74) is 8.74. The molecule has 0 spiro atoms. The molecule has 0 aliphatic rings. The second kappa shape index (κ2) is 6.31. The van der Waals surface area contributed by atoms with Gasteiger partial charge in [0.15, 0.2) is 0 Å². The van der Waals surface area contributed by atoms with Crippen molar-refractivity contribution >= 4 is 34.0 Å². The zero-order valence-electron chi connectivity index (χ0n) is 12.7. The first kappa shape index (κ1) is 15.4. The minimum absolute atomic E-state index is 0.297. The summed E-state index contributed by atoms with van der Waals surface area (Å²) < 4.78 is 5.20. The predicted molar refractivity (Wildman–Crippen MR) is 94.8 cm³/mol. The Labute approximate surface area is 139 Å². The number of halogens is 1. The average molecular weight is 326 g/mol. The quantitative estimate of drug-likeness (QED) is 0.549. The summed E-state index contributed by atoms with van der Waals surface area (Å²) >= 11 is 5.96. The third-order valence-electron chi connectivity index (χ3n) is 3.72. The number of ether oxygens (including phenoxy) is 1. The van der Waals surface area contributed by atoms with E-state index in [9.17, 15) is 4.79 Å². The summed E-state index contributed by atoms with van der Waals surface area (Å²) in [7, 11) is 0. The molecule has 0 saturated heterocycles. The summed E-state index contributed by atoms with van der Waals surface area (Å²) in [5.74, 6) is -0.416. The van der Waals surface area contributed by atoms with E-state index in [2.05, 4.69) is 0 Å². The van der Waals surface area contributed by atoms with E-state index in [1.54, 1.807) is 19.1 Å². The van der Waals surface area contributed by atoms with Crippen molar-refractivity contribution in [2.45, 2.75) is 6.92 Å². The second-order valence-corrected chi connectivity index (χ2v) is 5.60. The molecule has 23 heavy (non-hydrogen) atoms. The molecule has 0 heterocycles. The number of anilines is 1. The highest BCUT2D eigenvalue weighted by molar-refractivity contribution is 6.30. The first-order valence-electron chi connectivity index (χ1n) is 7.36. The lowest BCUT2D eigenvalue weighted by atomic mass is 9.93. The number of carbonyl (C=O) groups excluding carboxylic acids is 1. The van der Waals surface area contributed by atoms with Gasteiger partial charge in [-0.1, -0.05) is 48.0 Å². The van der Waals surface area contributed by atoms with Gasteiger partial charge in [-0.3, -0.25) is 0 Å². The molecule has 0 radical (unpaired) electrons. The number of hydrogen-bond donors (Lipinski definition) is 1. The number of nitrogen functional groups attached to an aromatic ring is 1. The van der Waals surface area contributed by atoms with Gasteiger partial charge in [0.05, 0.1) is 17.9 Å². The van der Waals surface area contributed by atoms with Crippen LogP contribution in [0.1, 0.15) is 17.3 Å². The summed E-state index contributed by atoms with van der Waals surface area (Å²) in [6.45, 7) is 2.07. The molecule has 0 aliphatic heterocycles. The van der Waals surface area contributed by atoms with Crippen molar-refractivity contribution in [3.63, 3.8) is 0 Å². The van der Waals surface area contributed by atoms with Crippen LogP contribution in [0.2, 0.25) is 5.02 Å². The van der Waals surface area contributed by atoms with Crippen molar-refractivity contribution in [3.8, 4) is 11.1 Å². The lowest BCUT2D eigenvalue weighted by molar-refractivity contribution is 0.0528. The van der Waals surface area contributed by atoms with Crippen LogP contribution in [0, 0.1) is 0 Å². The molecule has 116 valence electrons. The lowest BCUT2D eigenvalue weighted by Gasteiger charge is -2.15. The molecule has 3 nitrogen and oxygen atoms in total. The Morgan fingerprint density at radius 3 is 2.52 bits per heavy atom. The van der Waals surface area contributed by atoms with Crippen molar-refractivity contribution in [3.05, 3.63) is 65.2 Å². The fourth-order valence-corrected chi connectivity index (χ4v) is 2.78. The van der Waals surface area contributed by atoms with Crippen molar-refractivity contribution in [2.75, 3.05) is 12.3 Å². The summed E-state index contributed by atoms with van der Waals surface area (Å²) in [4.78, 5) is 12.4. The first-order chi connectivity index (χ1) is 11.1. The van der Waals surface area contributed by atoms with E-state index in [1.165, 1.54) is 0 Å². The molecule has 0 amide bonds. The maximum absolute atomic E-state index is 12.4. The van der Waals surface area contributed by atoms with Crippen molar-refractivity contribution in [1.82, 2.24) is 0 Å². The van der Waals surface area contributed by atoms with E-state index < -0.39 is 5.97 Å². The molecule has 0 bridgehead atoms. The molecule has 0 aromatic heterocycles. The molecule has 3 rings (SSSR count). The smallest absolute Gasteiger partial charge is 0.340 e. The standard InChI is InChI=1S/C19H16ClNO2/c1-2-23-19(22)17-16(12-7-9-14(20)10-8-12)11-13-5-3-4-6-15(13)18(17)21/h3-11H,2,21H2,1H3. The van der Waals surface area contributed by atoms with Gasteiger partial charge >= 0.3 is 5.97 Å². The van der Waals surface area contributed by atoms with Gasteiger partial charge in [0.25, 0.3) is 0 Å². The first-order valence-corrected chi connectivity index (χ1v) is 7.74. The number of esters is 1. The number of benzene rings is 3. The van der Waals surface area contributed by atoms with Gasteiger partial charge in [-0.05, 0) is 41.6 Å². The highest BCUT2D eigenvalue weighted by Crippen LogP contribution is 2.35. The topological polar surface area (TPSA) is 52.3 Å². The van der Waals surface area contributed by atoms with Crippen LogP contribution in [0.25, 0.3) is 21.9 Å². The van der Waals surface area contributed by atoms with Crippen LogP contribution < -0.4 is 5.73 Å². The van der Waals surface area contributed by atoms with Gasteiger partial charge in [-0.15, -0.1) is 0 Å². The summed E-state index contributed by atoms with van der Waals surface area (Å²) in [6.07, 6.45) is 0. The molecule has 3 aromatic rings. The largest absolute Gasteiger partial charge is 0.462 e. The van der Waals surface area contributed by atoms with E-state index in [0.29, 0.717) is 22.9 Å². The van der Waals surface area contributed by atoms with Gasteiger partial charge in [0.1, 0.15) is 0 Å². The molecule has 2 N–H and O–H groups in total. The molecule has 0 fully saturated rings. The van der Waals surface area contributed by atoms with Gasteiger partial charge in [0, 0.05) is 10.4 Å². The zero-order valence-corrected chi connectivity index (χ0v) is 13.4. The van der Waals surface area contributed by atoms with Crippen LogP contribution in [0.5, 0.6) is 0 Å². The van der Waals surface area contributed by atoms with E-state index in [4.69, 9.17) is 22.1 Å². The van der Waals surface area contributed by atoms with Crippen LogP contribution >= 0.6 is 11.6 Å². The molecule has 3 aromatic carbocycles. The molecule has 0 unspecified atom stereocenters. The summed E-state index contributed by atoms with van der Waals surface area (Å²) in [5, 5.41) is 2.46. The van der Waals surface area contributed by atoms with Gasteiger partial charge in [-0.2, -0.15) is 0 Å². The van der Waals surface area contributed by atoms with E-state index in [0.717, 1.165) is 21.9 Å². The Hall–Kier alpha value is -2.52. The Morgan fingerprint density at radius 1 is 1.13 bits per heavy atom. The number of fused-ring (bicyclic) bond motifs is 1. The molecule has 0 aliphatic carbocycles. The number of rotatable bonds is 3. The minimum atomic E-state index is -0.416. The maximum atomic E-state index is 12.4. The van der Waals surface area contributed by atoms with Crippen molar-refractivity contribution < 1.29 is 9.53 Å². The third kappa shape index (κ3) is 2.88. The monoisotopic (exact) mass is 325 g/mol. The van der Waals surface area contributed by atoms with Crippen LogP contribution in [-0.4, -0.2) is 12.6 Å². The van der Waals surface area contributed by atoms with Gasteiger partial charge < -0.3 is 10.5 Å². The Morgan fingerprint density at radius 2 is 1.83 bits per heavy atom. The van der Waals surface area contributed by atoms with Gasteiger partial charge in [-0.25, -0.2) is 4.79 Å². The van der Waals surface area contributed by atoms with E-state index in [1.807, 2.05) is 42.5 Å². The number of hydrogen-bond acceptors (Lipinski definition) is 3. The molecule has 0 atom stereocenters. The average Bonchev–Trinajstić information content (AvgIpc) is 2.55. The normalized spacial score (nSPS) is 10.7. The van der Waals surface area contributed by atoms with Crippen LogP contribution in [0.3, 0.4) is 0 Å².